The number of nitrogens with zero attached hydrogens (tertiary/aromatic N) is 2. The Bertz CT molecular complexity index is 387. The average Bonchev–Trinajstić information content (AvgIpc) is 2.98. The Kier molecular flexibility index (Phi) is 5.36. The minimum atomic E-state index is 0.284. The van der Waals surface area contributed by atoms with Gasteiger partial charge in [0.05, 0.1) is 0 Å². The predicted octanol–water partition coefficient (Wildman–Crippen LogP) is 1.56. The molecule has 1 N–H and O–H groups in total. The summed E-state index contributed by atoms with van der Waals surface area (Å²) in [7, 11) is 2.09. The maximum Gasteiger partial charge on any atom is 0.223 e. The summed E-state index contributed by atoms with van der Waals surface area (Å²) in [6, 6.07) is 4.62. The van der Waals surface area contributed by atoms with Crippen LogP contribution in [0.4, 0.5) is 0 Å². The Morgan fingerprint density at radius 2 is 2.26 bits per heavy atom. The Balaban J connectivity index is 1.76. The highest BCUT2D eigenvalue weighted by atomic mass is 32.1. The second kappa shape index (κ2) is 7.03. The van der Waals surface area contributed by atoms with Crippen LogP contribution < -0.4 is 5.32 Å². The van der Waals surface area contributed by atoms with E-state index in [9.17, 15) is 4.79 Å². The largest absolute Gasteiger partial charge is 0.340 e. The second-order valence-corrected chi connectivity index (χ2v) is 6.03. The van der Waals surface area contributed by atoms with Crippen LogP contribution in [0.3, 0.4) is 0 Å². The Morgan fingerprint density at radius 3 is 2.89 bits per heavy atom. The van der Waals surface area contributed by atoms with E-state index < -0.39 is 0 Å². The SMILES string of the molecule is CC(c1cccs1)N(C)CCC(=O)N1CCNCC1. The van der Waals surface area contributed by atoms with Crippen molar-refractivity contribution in [2.24, 2.45) is 0 Å². The third-order valence-electron chi connectivity index (χ3n) is 3.76. The predicted molar refractivity (Wildman–Crippen MR) is 79.4 cm³/mol. The van der Waals surface area contributed by atoms with Gasteiger partial charge in [-0.2, -0.15) is 0 Å². The van der Waals surface area contributed by atoms with E-state index in [-0.39, 0.29) is 5.91 Å². The fourth-order valence-corrected chi connectivity index (χ4v) is 3.13. The first-order valence-electron chi connectivity index (χ1n) is 6.90. The van der Waals surface area contributed by atoms with Gasteiger partial charge < -0.3 is 10.2 Å². The molecule has 1 aliphatic rings. The van der Waals surface area contributed by atoms with Gasteiger partial charge in [-0.3, -0.25) is 9.69 Å². The molecule has 106 valence electrons. The molecule has 1 saturated heterocycles. The molecule has 0 saturated carbocycles. The molecule has 4 nitrogen and oxygen atoms in total. The summed E-state index contributed by atoms with van der Waals surface area (Å²) in [5.41, 5.74) is 0. The standard InChI is InChI=1S/C14H23N3OS/c1-12(13-4-3-11-19-13)16(2)8-5-14(18)17-9-6-15-7-10-17/h3-4,11-12,15H,5-10H2,1-2H3. The van der Waals surface area contributed by atoms with Gasteiger partial charge in [-0.15, -0.1) is 11.3 Å². The maximum atomic E-state index is 12.1. The lowest BCUT2D eigenvalue weighted by atomic mass is 10.2. The Morgan fingerprint density at radius 1 is 1.53 bits per heavy atom. The van der Waals surface area contributed by atoms with Crippen molar-refractivity contribution in [2.75, 3.05) is 39.8 Å². The average molecular weight is 281 g/mol. The van der Waals surface area contributed by atoms with Gasteiger partial charge in [0.1, 0.15) is 0 Å². The van der Waals surface area contributed by atoms with Crippen molar-refractivity contribution in [2.45, 2.75) is 19.4 Å². The zero-order valence-corrected chi connectivity index (χ0v) is 12.6. The number of thiophene rings is 1. The van der Waals surface area contributed by atoms with Crippen LogP contribution in [-0.4, -0.2) is 55.5 Å². The topological polar surface area (TPSA) is 35.6 Å². The highest BCUT2D eigenvalue weighted by molar-refractivity contribution is 7.10. The van der Waals surface area contributed by atoms with E-state index in [1.165, 1.54) is 4.88 Å². The molecule has 2 heterocycles. The van der Waals surface area contributed by atoms with E-state index in [0.29, 0.717) is 12.5 Å². The number of nitrogens with one attached hydrogen (secondary N) is 1. The van der Waals surface area contributed by atoms with Gasteiger partial charge in [0.2, 0.25) is 5.91 Å². The lowest BCUT2D eigenvalue weighted by molar-refractivity contribution is -0.132. The quantitative estimate of drug-likeness (QED) is 0.890. The number of amides is 1. The normalized spacial score (nSPS) is 17.7. The van der Waals surface area contributed by atoms with Crippen molar-refractivity contribution >= 4 is 17.2 Å². The lowest BCUT2D eigenvalue weighted by Gasteiger charge is -2.29. The van der Waals surface area contributed by atoms with Crippen LogP contribution in [0.5, 0.6) is 0 Å². The molecule has 1 atom stereocenters. The van der Waals surface area contributed by atoms with E-state index in [1.54, 1.807) is 11.3 Å². The Hall–Kier alpha value is -0.910. The van der Waals surface area contributed by atoms with E-state index in [0.717, 1.165) is 32.7 Å². The van der Waals surface area contributed by atoms with Crippen LogP contribution in [-0.2, 0) is 4.79 Å². The molecular formula is C14H23N3OS. The molecule has 1 unspecified atom stereocenters. The highest BCUT2D eigenvalue weighted by Gasteiger charge is 2.18. The molecule has 0 radical (unpaired) electrons. The Labute approximate surface area is 119 Å². The van der Waals surface area contributed by atoms with Crippen molar-refractivity contribution in [3.63, 3.8) is 0 Å². The molecule has 1 aliphatic heterocycles. The minimum Gasteiger partial charge on any atom is -0.340 e. The molecule has 1 amide bonds. The summed E-state index contributed by atoms with van der Waals surface area (Å²) >= 11 is 1.78. The number of piperazine rings is 1. The van der Waals surface area contributed by atoms with Gasteiger partial charge in [-0.1, -0.05) is 6.07 Å². The zero-order valence-electron chi connectivity index (χ0n) is 11.8. The molecular weight excluding hydrogens is 258 g/mol. The molecule has 0 bridgehead atoms. The first kappa shape index (κ1) is 14.5. The van der Waals surface area contributed by atoms with E-state index in [2.05, 4.69) is 41.7 Å². The molecule has 0 spiro atoms. The van der Waals surface area contributed by atoms with Crippen LogP contribution >= 0.6 is 11.3 Å². The summed E-state index contributed by atoms with van der Waals surface area (Å²) < 4.78 is 0. The molecule has 1 aromatic heterocycles. The van der Waals surface area contributed by atoms with Gasteiger partial charge in [-0.05, 0) is 25.4 Å². The van der Waals surface area contributed by atoms with Gasteiger partial charge in [0.25, 0.3) is 0 Å². The van der Waals surface area contributed by atoms with E-state index in [4.69, 9.17) is 0 Å². The van der Waals surface area contributed by atoms with Crippen molar-refractivity contribution in [3.8, 4) is 0 Å². The second-order valence-electron chi connectivity index (χ2n) is 5.05. The third-order valence-corrected chi connectivity index (χ3v) is 4.81. The third kappa shape index (κ3) is 4.03. The first-order chi connectivity index (χ1) is 9.18. The summed E-state index contributed by atoms with van der Waals surface area (Å²) in [4.78, 5) is 17.7. The lowest BCUT2D eigenvalue weighted by Crippen LogP contribution is -2.47. The van der Waals surface area contributed by atoms with Crippen LogP contribution in [0.25, 0.3) is 0 Å². The first-order valence-corrected chi connectivity index (χ1v) is 7.78. The maximum absolute atomic E-state index is 12.1. The van der Waals surface area contributed by atoms with Crippen molar-refractivity contribution in [1.29, 1.82) is 0 Å². The van der Waals surface area contributed by atoms with Crippen LogP contribution in [0.1, 0.15) is 24.3 Å². The van der Waals surface area contributed by atoms with Gasteiger partial charge in [0, 0.05) is 50.1 Å². The molecule has 0 aliphatic carbocycles. The fourth-order valence-electron chi connectivity index (χ4n) is 2.28. The molecule has 1 aromatic rings. The number of carbonyl (C=O) groups is 1. The number of carbonyl (C=O) groups excluding carboxylic acids is 1. The van der Waals surface area contributed by atoms with Gasteiger partial charge >= 0.3 is 0 Å². The number of rotatable bonds is 5. The van der Waals surface area contributed by atoms with E-state index in [1.807, 2.05) is 4.90 Å². The van der Waals surface area contributed by atoms with Crippen molar-refractivity contribution < 1.29 is 4.79 Å². The smallest absolute Gasteiger partial charge is 0.223 e. The minimum absolute atomic E-state index is 0.284. The van der Waals surface area contributed by atoms with Gasteiger partial charge in [-0.25, -0.2) is 0 Å². The van der Waals surface area contributed by atoms with Crippen molar-refractivity contribution in [3.05, 3.63) is 22.4 Å². The van der Waals surface area contributed by atoms with Crippen molar-refractivity contribution in [1.82, 2.24) is 15.1 Å². The number of hydrogen-bond acceptors (Lipinski definition) is 4. The summed E-state index contributed by atoms with van der Waals surface area (Å²) in [5, 5.41) is 5.37. The summed E-state index contributed by atoms with van der Waals surface area (Å²) in [5.74, 6) is 0.284. The van der Waals surface area contributed by atoms with Crippen LogP contribution in [0, 0.1) is 0 Å². The van der Waals surface area contributed by atoms with Gasteiger partial charge in [0.15, 0.2) is 0 Å². The summed E-state index contributed by atoms with van der Waals surface area (Å²) in [6.07, 6.45) is 0.617. The number of hydrogen-bond donors (Lipinski definition) is 1. The van der Waals surface area contributed by atoms with E-state index >= 15 is 0 Å². The zero-order chi connectivity index (χ0) is 13.7. The molecule has 0 aromatic carbocycles. The van der Waals surface area contributed by atoms with Crippen LogP contribution in [0.15, 0.2) is 17.5 Å². The molecule has 1 fully saturated rings. The molecule has 19 heavy (non-hydrogen) atoms. The summed E-state index contributed by atoms with van der Waals surface area (Å²) in [6.45, 7) is 6.56. The van der Waals surface area contributed by atoms with Crippen LogP contribution in [0.2, 0.25) is 0 Å². The molecule has 2 rings (SSSR count). The monoisotopic (exact) mass is 281 g/mol. The fraction of sp³-hybridized carbons (Fsp3) is 0.643. The highest BCUT2D eigenvalue weighted by Crippen LogP contribution is 2.23. The molecule has 5 heteroatoms.